The molecular weight excluding hydrogens is 272 g/mol. The maximum absolute atomic E-state index is 11.6. The van der Waals surface area contributed by atoms with Crippen molar-refractivity contribution in [1.82, 2.24) is 5.32 Å². The van der Waals surface area contributed by atoms with Crippen molar-refractivity contribution in [1.29, 1.82) is 0 Å². The maximum Gasteiger partial charge on any atom is 0.326 e. The number of hydrogen-bond donors (Lipinski definition) is 2. The van der Waals surface area contributed by atoms with Crippen LogP contribution in [0.4, 0.5) is 10.5 Å². The molecule has 0 saturated heterocycles. The molecule has 0 radical (unpaired) electrons. The summed E-state index contributed by atoms with van der Waals surface area (Å²) in [6.07, 6.45) is 0. The number of rotatable bonds is 2. The molecule has 1 aromatic heterocycles. The molecule has 2 rings (SSSR count). The van der Waals surface area contributed by atoms with Gasteiger partial charge in [-0.25, -0.2) is 4.79 Å². The average Bonchev–Trinajstić information content (AvgIpc) is 2.85. The van der Waals surface area contributed by atoms with Gasteiger partial charge in [0.05, 0.1) is 15.6 Å². The Bertz CT molecular complexity index is 569. The Kier molecular flexibility index (Phi) is 3.96. The molecule has 0 bridgehead atoms. The Hall–Kier alpha value is -1.85. The van der Waals surface area contributed by atoms with Crippen LogP contribution in [0, 0.1) is 0 Å². The predicted octanol–water partition coefficient (Wildman–Crippen LogP) is 3.36. The number of benzene rings is 1. The molecule has 6 heteroatoms. The lowest BCUT2D eigenvalue weighted by Crippen LogP contribution is -2.33. The van der Waals surface area contributed by atoms with E-state index in [1.165, 1.54) is 11.3 Å². The standard InChI is InChI=1S/C12H9ClN2O2S/c13-8-4-1-2-5-9(8)14-12(17)15-11(16)10-6-3-7-18-10/h1-7H,(H2,14,15,16,17). The SMILES string of the molecule is O=C(NC(=O)c1cccs1)Nc1ccccc1Cl. The van der Waals surface area contributed by atoms with Crippen LogP contribution in [0.3, 0.4) is 0 Å². The van der Waals surface area contributed by atoms with Crippen LogP contribution in [0.2, 0.25) is 5.02 Å². The third-order valence-electron chi connectivity index (χ3n) is 2.09. The van der Waals surface area contributed by atoms with Crippen LogP contribution in [0.1, 0.15) is 9.67 Å². The highest BCUT2D eigenvalue weighted by molar-refractivity contribution is 7.12. The molecule has 0 fully saturated rings. The number of halogens is 1. The number of amides is 3. The zero-order valence-electron chi connectivity index (χ0n) is 9.14. The summed E-state index contributed by atoms with van der Waals surface area (Å²) < 4.78 is 0. The van der Waals surface area contributed by atoms with Gasteiger partial charge in [0, 0.05) is 0 Å². The van der Waals surface area contributed by atoms with Gasteiger partial charge in [-0.2, -0.15) is 0 Å². The molecule has 4 nitrogen and oxygen atoms in total. The van der Waals surface area contributed by atoms with Gasteiger partial charge < -0.3 is 5.32 Å². The summed E-state index contributed by atoms with van der Waals surface area (Å²) in [7, 11) is 0. The van der Waals surface area contributed by atoms with E-state index in [-0.39, 0.29) is 0 Å². The van der Waals surface area contributed by atoms with Gasteiger partial charge in [-0.3, -0.25) is 10.1 Å². The van der Waals surface area contributed by atoms with Gasteiger partial charge in [-0.1, -0.05) is 29.8 Å². The van der Waals surface area contributed by atoms with Crippen LogP contribution in [-0.4, -0.2) is 11.9 Å². The summed E-state index contributed by atoms with van der Waals surface area (Å²) in [6.45, 7) is 0. The monoisotopic (exact) mass is 280 g/mol. The summed E-state index contributed by atoms with van der Waals surface area (Å²) in [5, 5.41) is 6.90. The smallest absolute Gasteiger partial charge is 0.306 e. The van der Waals surface area contributed by atoms with Gasteiger partial charge in [-0.15, -0.1) is 11.3 Å². The number of urea groups is 1. The summed E-state index contributed by atoms with van der Waals surface area (Å²) in [5.74, 6) is -0.436. The van der Waals surface area contributed by atoms with Crippen molar-refractivity contribution in [2.24, 2.45) is 0 Å². The molecule has 0 aliphatic rings. The van der Waals surface area contributed by atoms with Crippen LogP contribution in [-0.2, 0) is 0 Å². The quantitative estimate of drug-likeness (QED) is 0.886. The zero-order chi connectivity index (χ0) is 13.0. The fraction of sp³-hybridized carbons (Fsp3) is 0. The van der Waals surface area contributed by atoms with E-state index in [1.807, 2.05) is 0 Å². The van der Waals surface area contributed by atoms with E-state index in [4.69, 9.17) is 11.6 Å². The molecule has 0 aliphatic carbocycles. The molecule has 0 aliphatic heterocycles. The van der Waals surface area contributed by atoms with Crippen molar-refractivity contribution in [3.05, 3.63) is 51.7 Å². The third-order valence-corrected chi connectivity index (χ3v) is 3.29. The van der Waals surface area contributed by atoms with Crippen LogP contribution >= 0.6 is 22.9 Å². The van der Waals surface area contributed by atoms with Crippen molar-refractivity contribution in [3.8, 4) is 0 Å². The Balaban J connectivity index is 1.98. The molecule has 1 aromatic carbocycles. The number of hydrogen-bond acceptors (Lipinski definition) is 3. The van der Waals surface area contributed by atoms with E-state index in [1.54, 1.807) is 41.8 Å². The highest BCUT2D eigenvalue weighted by Gasteiger charge is 2.11. The van der Waals surface area contributed by atoms with Crippen LogP contribution in [0.15, 0.2) is 41.8 Å². The van der Waals surface area contributed by atoms with Gasteiger partial charge in [0.2, 0.25) is 0 Å². The minimum atomic E-state index is -0.610. The van der Waals surface area contributed by atoms with Crippen molar-refractivity contribution >= 4 is 40.6 Å². The predicted molar refractivity (Wildman–Crippen MR) is 72.3 cm³/mol. The number of imide groups is 1. The Morgan fingerprint density at radius 2 is 1.89 bits per heavy atom. The van der Waals surface area contributed by atoms with Crippen LogP contribution in [0.25, 0.3) is 0 Å². The minimum Gasteiger partial charge on any atom is -0.306 e. The molecule has 2 aromatic rings. The minimum absolute atomic E-state index is 0.413. The Labute approximate surface area is 113 Å². The van der Waals surface area contributed by atoms with E-state index >= 15 is 0 Å². The van der Waals surface area contributed by atoms with Crippen LogP contribution in [0.5, 0.6) is 0 Å². The highest BCUT2D eigenvalue weighted by atomic mass is 35.5. The van der Waals surface area contributed by atoms with E-state index in [2.05, 4.69) is 10.6 Å². The fourth-order valence-electron chi connectivity index (χ4n) is 1.29. The Morgan fingerprint density at radius 1 is 1.11 bits per heavy atom. The van der Waals surface area contributed by atoms with E-state index in [0.29, 0.717) is 15.6 Å². The average molecular weight is 281 g/mol. The lowest BCUT2D eigenvalue weighted by Gasteiger charge is -2.07. The number of nitrogens with one attached hydrogen (secondary N) is 2. The van der Waals surface area contributed by atoms with E-state index < -0.39 is 11.9 Å². The van der Waals surface area contributed by atoms with Crippen LogP contribution < -0.4 is 10.6 Å². The first kappa shape index (κ1) is 12.6. The molecule has 2 N–H and O–H groups in total. The van der Waals surface area contributed by atoms with Crippen molar-refractivity contribution in [3.63, 3.8) is 0 Å². The summed E-state index contributed by atoms with van der Waals surface area (Å²) in [5.41, 5.74) is 0.454. The first-order valence-corrected chi connectivity index (χ1v) is 6.33. The molecular formula is C12H9ClN2O2S. The molecule has 18 heavy (non-hydrogen) atoms. The zero-order valence-corrected chi connectivity index (χ0v) is 10.7. The van der Waals surface area contributed by atoms with E-state index in [9.17, 15) is 9.59 Å². The number of carbonyl (C=O) groups is 2. The molecule has 0 saturated carbocycles. The second kappa shape index (κ2) is 5.66. The van der Waals surface area contributed by atoms with Gasteiger partial charge in [0.25, 0.3) is 5.91 Å². The number of anilines is 1. The summed E-state index contributed by atoms with van der Waals surface area (Å²) >= 11 is 7.14. The van der Waals surface area contributed by atoms with Gasteiger partial charge in [-0.05, 0) is 23.6 Å². The lowest BCUT2D eigenvalue weighted by atomic mass is 10.3. The maximum atomic E-state index is 11.6. The molecule has 92 valence electrons. The summed E-state index contributed by atoms with van der Waals surface area (Å²) in [6, 6.07) is 9.57. The highest BCUT2D eigenvalue weighted by Crippen LogP contribution is 2.20. The van der Waals surface area contributed by atoms with Gasteiger partial charge in [0.1, 0.15) is 0 Å². The van der Waals surface area contributed by atoms with Crippen molar-refractivity contribution in [2.45, 2.75) is 0 Å². The number of thiophene rings is 1. The topological polar surface area (TPSA) is 58.2 Å². The fourth-order valence-corrected chi connectivity index (χ4v) is 2.09. The number of carbonyl (C=O) groups excluding carboxylic acids is 2. The van der Waals surface area contributed by atoms with E-state index in [0.717, 1.165) is 0 Å². The van der Waals surface area contributed by atoms with Gasteiger partial charge in [0.15, 0.2) is 0 Å². The molecule has 0 atom stereocenters. The normalized spacial score (nSPS) is 9.83. The first-order chi connectivity index (χ1) is 8.66. The largest absolute Gasteiger partial charge is 0.326 e. The number of para-hydroxylation sites is 1. The molecule has 0 spiro atoms. The van der Waals surface area contributed by atoms with Crippen molar-refractivity contribution in [2.75, 3.05) is 5.32 Å². The summed E-state index contributed by atoms with van der Waals surface area (Å²) in [4.78, 5) is 23.6. The lowest BCUT2D eigenvalue weighted by molar-refractivity contribution is 0.0971. The molecule has 3 amide bonds. The van der Waals surface area contributed by atoms with Gasteiger partial charge >= 0.3 is 6.03 Å². The second-order valence-electron chi connectivity index (χ2n) is 3.37. The second-order valence-corrected chi connectivity index (χ2v) is 4.72. The third kappa shape index (κ3) is 3.09. The first-order valence-electron chi connectivity index (χ1n) is 5.07. The molecule has 1 heterocycles. The van der Waals surface area contributed by atoms with Crippen molar-refractivity contribution < 1.29 is 9.59 Å². The molecule has 0 unspecified atom stereocenters. The Morgan fingerprint density at radius 3 is 2.56 bits per heavy atom.